The van der Waals surface area contributed by atoms with E-state index in [4.69, 9.17) is 0 Å². The fourth-order valence-corrected chi connectivity index (χ4v) is 8.02. The number of aryl methyl sites for hydroxylation is 4. The fourth-order valence-electron chi connectivity index (χ4n) is 8.02. The van der Waals surface area contributed by atoms with Crippen LogP contribution in [0.1, 0.15) is 111 Å². The molecule has 5 rings (SSSR count). The summed E-state index contributed by atoms with van der Waals surface area (Å²) in [6, 6.07) is 4.73. The van der Waals surface area contributed by atoms with Gasteiger partial charge in [0, 0.05) is 0 Å². The molecule has 2 N–H and O–H groups in total. The minimum atomic E-state index is 0.401. The van der Waals surface area contributed by atoms with Crippen molar-refractivity contribution in [1.82, 2.24) is 0 Å². The third-order valence-corrected chi connectivity index (χ3v) is 11.0. The molecule has 0 saturated heterocycles. The summed E-state index contributed by atoms with van der Waals surface area (Å²) in [7, 11) is 0. The molecule has 0 unspecified atom stereocenters. The SMILES string of the molecule is Cc1cc(C)c2c(C)c1Cc1c(C)cc(C)c(c1C)Cc1c(C)c(O)c(C)c(c1C)Cc1c(C)c(O)c(C)c(c1C)C2. The molecule has 0 atom stereocenters. The predicted octanol–water partition coefficient (Wildman–Crippen LogP) is 9.48. The molecule has 0 amide bonds. The molecule has 0 radical (unpaired) electrons. The van der Waals surface area contributed by atoms with Crippen LogP contribution in [0.5, 0.6) is 11.5 Å². The normalized spacial score (nSPS) is 13.0. The van der Waals surface area contributed by atoms with Gasteiger partial charge in [0.05, 0.1) is 0 Å². The lowest BCUT2D eigenvalue weighted by Crippen LogP contribution is -2.12. The van der Waals surface area contributed by atoms with Gasteiger partial charge in [0.25, 0.3) is 0 Å². The van der Waals surface area contributed by atoms with E-state index in [1.54, 1.807) is 0 Å². The van der Waals surface area contributed by atoms with E-state index in [0.717, 1.165) is 41.5 Å². The summed E-state index contributed by atoms with van der Waals surface area (Å²) < 4.78 is 0. The molecule has 2 nitrogen and oxygen atoms in total. The summed E-state index contributed by atoms with van der Waals surface area (Å²) in [6.45, 7) is 26.3. The van der Waals surface area contributed by atoms with Crippen LogP contribution in [0.15, 0.2) is 12.1 Å². The van der Waals surface area contributed by atoms with Crippen LogP contribution in [0.25, 0.3) is 0 Å². The molecule has 2 heteroatoms. The summed E-state index contributed by atoms with van der Waals surface area (Å²) >= 11 is 0. The molecule has 0 fully saturated rings. The molecule has 220 valence electrons. The Hall–Kier alpha value is -3.52. The first-order valence-electron chi connectivity index (χ1n) is 15.4. The molecule has 1 aliphatic carbocycles. The lowest BCUT2D eigenvalue weighted by atomic mass is 9.79. The van der Waals surface area contributed by atoms with Crippen LogP contribution in [0.4, 0.5) is 0 Å². The fraction of sp³-hybridized carbons (Fsp3) is 0.400. The molecule has 0 saturated carbocycles. The molecule has 0 aromatic heterocycles. The second-order valence-electron chi connectivity index (χ2n) is 13.3. The van der Waals surface area contributed by atoms with Crippen molar-refractivity contribution >= 4 is 0 Å². The molecule has 8 bridgehead atoms. The highest BCUT2D eigenvalue weighted by atomic mass is 16.3. The maximum absolute atomic E-state index is 11.4. The van der Waals surface area contributed by atoms with Crippen molar-refractivity contribution in [1.29, 1.82) is 0 Å². The highest BCUT2D eigenvalue weighted by molar-refractivity contribution is 5.62. The third kappa shape index (κ3) is 4.55. The van der Waals surface area contributed by atoms with Gasteiger partial charge in [-0.3, -0.25) is 0 Å². The molecule has 4 aromatic carbocycles. The van der Waals surface area contributed by atoms with Crippen LogP contribution >= 0.6 is 0 Å². The number of phenolic OH excluding ortho intramolecular Hbond substituents is 2. The minimum Gasteiger partial charge on any atom is -0.507 e. The second kappa shape index (κ2) is 10.6. The van der Waals surface area contributed by atoms with Gasteiger partial charge in [0.1, 0.15) is 11.5 Å². The van der Waals surface area contributed by atoms with E-state index in [-0.39, 0.29) is 0 Å². The van der Waals surface area contributed by atoms with E-state index >= 15 is 0 Å². The van der Waals surface area contributed by atoms with E-state index in [2.05, 4.69) is 81.4 Å². The highest BCUT2D eigenvalue weighted by Crippen LogP contribution is 2.41. The molecule has 0 aliphatic heterocycles. The van der Waals surface area contributed by atoms with Gasteiger partial charge in [-0.15, -0.1) is 0 Å². The molecular weight excluding hydrogens is 512 g/mol. The van der Waals surface area contributed by atoms with Gasteiger partial charge in [-0.25, -0.2) is 0 Å². The molecule has 42 heavy (non-hydrogen) atoms. The molecule has 1 aliphatic rings. The Labute approximate surface area is 253 Å². The average Bonchev–Trinajstić information content (AvgIpc) is 2.92. The van der Waals surface area contributed by atoms with Crippen molar-refractivity contribution in [3.8, 4) is 11.5 Å². The zero-order valence-corrected chi connectivity index (χ0v) is 27.9. The largest absolute Gasteiger partial charge is 0.507 e. The van der Waals surface area contributed by atoms with Crippen molar-refractivity contribution < 1.29 is 10.2 Å². The van der Waals surface area contributed by atoms with E-state index in [1.165, 1.54) is 89.0 Å². The molecular formula is C40H48O2. The van der Waals surface area contributed by atoms with Gasteiger partial charge in [0.2, 0.25) is 0 Å². The Morgan fingerprint density at radius 3 is 0.762 bits per heavy atom. The Kier molecular flexibility index (Phi) is 7.59. The van der Waals surface area contributed by atoms with Crippen molar-refractivity contribution in [2.45, 2.75) is 109 Å². The number of aromatic hydroxyl groups is 2. The maximum atomic E-state index is 11.4. The second-order valence-corrected chi connectivity index (χ2v) is 13.3. The zero-order chi connectivity index (χ0) is 30.9. The van der Waals surface area contributed by atoms with Gasteiger partial charge in [-0.05, 0) is 220 Å². The number of hydrogen-bond donors (Lipinski definition) is 2. The van der Waals surface area contributed by atoms with E-state index in [1.807, 2.05) is 13.8 Å². The quantitative estimate of drug-likeness (QED) is 0.198. The first-order chi connectivity index (χ1) is 19.6. The number of hydrogen-bond acceptors (Lipinski definition) is 2. The van der Waals surface area contributed by atoms with Crippen LogP contribution in [0, 0.1) is 83.1 Å². The zero-order valence-electron chi connectivity index (χ0n) is 27.9. The van der Waals surface area contributed by atoms with E-state index in [9.17, 15) is 10.2 Å². The van der Waals surface area contributed by atoms with Crippen molar-refractivity contribution in [2.75, 3.05) is 0 Å². The number of rotatable bonds is 0. The van der Waals surface area contributed by atoms with Crippen LogP contribution in [0.2, 0.25) is 0 Å². The Morgan fingerprint density at radius 2 is 0.500 bits per heavy atom. The Balaban J connectivity index is 1.92. The first kappa shape index (κ1) is 30.0. The van der Waals surface area contributed by atoms with Gasteiger partial charge in [0.15, 0.2) is 0 Å². The summed E-state index contributed by atoms with van der Waals surface area (Å²) in [5, 5.41) is 22.9. The monoisotopic (exact) mass is 560 g/mol. The van der Waals surface area contributed by atoms with Crippen molar-refractivity contribution in [3.63, 3.8) is 0 Å². The van der Waals surface area contributed by atoms with Crippen LogP contribution in [0.3, 0.4) is 0 Å². The van der Waals surface area contributed by atoms with Crippen molar-refractivity contribution in [2.24, 2.45) is 0 Å². The van der Waals surface area contributed by atoms with Crippen LogP contribution < -0.4 is 0 Å². The van der Waals surface area contributed by atoms with Gasteiger partial charge in [-0.2, -0.15) is 0 Å². The summed E-state index contributed by atoms with van der Waals surface area (Å²) in [5.41, 5.74) is 24.8. The standard InChI is InChI=1S/C40H48O2/c1-19-13-21(3)33-16-35-25(7)37(29(11)39(41)27(35)9)18-38-26(8)36(28(10)40(42)30(38)12)17-34-22(4)14-20(2)32(24(34)6)15-31(19)23(33)5/h13-14,41-42H,15-18H2,1-12H3. The molecule has 4 aromatic rings. The lowest BCUT2D eigenvalue weighted by molar-refractivity contribution is 0.464. The van der Waals surface area contributed by atoms with Crippen LogP contribution in [-0.4, -0.2) is 10.2 Å². The minimum absolute atomic E-state index is 0.401. The van der Waals surface area contributed by atoms with Crippen LogP contribution in [-0.2, 0) is 25.7 Å². The Bertz CT molecular complexity index is 1670. The summed E-state index contributed by atoms with van der Waals surface area (Å²) in [5.74, 6) is 0.802. The van der Waals surface area contributed by atoms with E-state index in [0.29, 0.717) is 17.9 Å². The number of fused-ring (bicyclic) bond motifs is 8. The first-order valence-corrected chi connectivity index (χ1v) is 15.4. The molecule has 0 heterocycles. The average molecular weight is 561 g/mol. The topological polar surface area (TPSA) is 40.5 Å². The Morgan fingerprint density at radius 1 is 0.310 bits per heavy atom. The molecule has 0 spiro atoms. The maximum Gasteiger partial charge on any atom is 0.121 e. The smallest absolute Gasteiger partial charge is 0.121 e. The highest BCUT2D eigenvalue weighted by Gasteiger charge is 2.25. The summed E-state index contributed by atoms with van der Waals surface area (Å²) in [6.07, 6.45) is 3.18. The lowest BCUT2D eigenvalue weighted by Gasteiger charge is -2.26. The van der Waals surface area contributed by atoms with Crippen molar-refractivity contribution in [3.05, 3.63) is 123 Å². The summed E-state index contributed by atoms with van der Waals surface area (Å²) in [4.78, 5) is 0. The number of benzene rings is 4. The predicted molar refractivity (Wildman–Crippen MR) is 177 cm³/mol. The van der Waals surface area contributed by atoms with Gasteiger partial charge < -0.3 is 10.2 Å². The van der Waals surface area contributed by atoms with Gasteiger partial charge >= 0.3 is 0 Å². The third-order valence-electron chi connectivity index (χ3n) is 11.0. The van der Waals surface area contributed by atoms with Gasteiger partial charge in [-0.1, -0.05) is 12.1 Å². The number of phenols is 2. The van der Waals surface area contributed by atoms with E-state index < -0.39 is 0 Å².